The molecule has 6 heteroatoms. The van der Waals surface area contributed by atoms with Gasteiger partial charge in [-0.25, -0.2) is 0 Å². The number of para-hydroxylation sites is 1. The minimum atomic E-state index is 0.0420. The molecule has 6 nitrogen and oxygen atoms in total. The first-order valence-corrected chi connectivity index (χ1v) is 10.4. The Labute approximate surface area is 173 Å². The molecule has 0 spiro atoms. The lowest BCUT2D eigenvalue weighted by molar-refractivity contribution is -0.122. The number of carbonyl (C=O) groups excluding carboxylic acids is 1. The van der Waals surface area contributed by atoms with Crippen LogP contribution in [0.2, 0.25) is 0 Å². The number of benzene rings is 1. The Morgan fingerprint density at radius 3 is 2.83 bits per heavy atom. The fourth-order valence-electron chi connectivity index (χ4n) is 3.51. The van der Waals surface area contributed by atoms with Crippen molar-refractivity contribution in [3.05, 3.63) is 53.3 Å². The van der Waals surface area contributed by atoms with Gasteiger partial charge in [0.1, 0.15) is 0 Å². The first kappa shape index (κ1) is 21.1. The van der Waals surface area contributed by atoms with Gasteiger partial charge in [0.05, 0.1) is 25.5 Å². The number of pyridine rings is 1. The van der Waals surface area contributed by atoms with Crippen molar-refractivity contribution in [2.75, 3.05) is 26.3 Å². The molecule has 1 aromatic heterocycles. The van der Waals surface area contributed by atoms with Crippen molar-refractivity contribution < 1.29 is 14.3 Å². The monoisotopic (exact) mass is 397 g/mol. The van der Waals surface area contributed by atoms with Crippen LogP contribution in [0.5, 0.6) is 11.5 Å². The van der Waals surface area contributed by atoms with Crippen LogP contribution in [0.4, 0.5) is 0 Å². The van der Waals surface area contributed by atoms with E-state index in [1.807, 2.05) is 50.2 Å². The summed E-state index contributed by atoms with van der Waals surface area (Å²) in [5.74, 6) is 1.59. The SMILES string of the molecule is CCOc1cccc2c1OCCCCCNC(=O)CN(Cc1cccc(C)n1)C2. The number of fused-ring (bicyclic) bond motifs is 1. The summed E-state index contributed by atoms with van der Waals surface area (Å²) < 4.78 is 12.0. The van der Waals surface area contributed by atoms with Gasteiger partial charge < -0.3 is 14.8 Å². The molecule has 0 saturated carbocycles. The van der Waals surface area contributed by atoms with Gasteiger partial charge in [-0.1, -0.05) is 18.2 Å². The molecule has 1 amide bonds. The molecule has 2 heterocycles. The van der Waals surface area contributed by atoms with Crippen molar-refractivity contribution in [1.82, 2.24) is 15.2 Å². The smallest absolute Gasteiger partial charge is 0.234 e. The number of amides is 1. The highest BCUT2D eigenvalue weighted by atomic mass is 16.5. The van der Waals surface area contributed by atoms with E-state index in [0.717, 1.165) is 47.7 Å². The predicted octanol–water partition coefficient (Wildman–Crippen LogP) is 3.47. The topological polar surface area (TPSA) is 63.7 Å². The number of nitrogens with zero attached hydrogens (tertiary/aromatic N) is 2. The zero-order valence-electron chi connectivity index (χ0n) is 17.4. The Morgan fingerprint density at radius 1 is 1.14 bits per heavy atom. The third-order valence-corrected chi connectivity index (χ3v) is 4.84. The van der Waals surface area contributed by atoms with E-state index in [1.54, 1.807) is 0 Å². The number of aryl methyl sites for hydroxylation is 1. The quantitative estimate of drug-likeness (QED) is 0.856. The van der Waals surface area contributed by atoms with E-state index in [2.05, 4.69) is 15.2 Å². The van der Waals surface area contributed by atoms with Crippen LogP contribution in [0.15, 0.2) is 36.4 Å². The Kier molecular flexibility index (Phi) is 7.87. The lowest BCUT2D eigenvalue weighted by Crippen LogP contribution is -2.37. The molecule has 0 saturated heterocycles. The third kappa shape index (κ3) is 6.46. The standard InChI is InChI=1S/C23H31N3O3/c1-3-28-21-12-8-10-19-15-26(16-20-11-7-9-18(2)25-20)17-22(27)24-13-5-4-6-14-29-23(19)21/h7-12H,3-6,13-17H2,1-2H3,(H,24,27). The van der Waals surface area contributed by atoms with Crippen molar-refractivity contribution in [2.45, 2.75) is 46.2 Å². The van der Waals surface area contributed by atoms with Crippen molar-refractivity contribution >= 4 is 5.91 Å². The molecule has 156 valence electrons. The maximum Gasteiger partial charge on any atom is 0.234 e. The van der Waals surface area contributed by atoms with Gasteiger partial charge in [0.25, 0.3) is 0 Å². The summed E-state index contributed by atoms with van der Waals surface area (Å²) in [6, 6.07) is 12.0. The summed E-state index contributed by atoms with van der Waals surface area (Å²) in [5.41, 5.74) is 2.95. The first-order chi connectivity index (χ1) is 14.2. The maximum atomic E-state index is 12.5. The summed E-state index contributed by atoms with van der Waals surface area (Å²) in [4.78, 5) is 19.2. The molecule has 1 N–H and O–H groups in total. The molecular weight excluding hydrogens is 366 g/mol. The van der Waals surface area contributed by atoms with Gasteiger partial charge in [-0.3, -0.25) is 14.7 Å². The summed E-state index contributed by atoms with van der Waals surface area (Å²) in [5, 5.41) is 3.04. The zero-order valence-corrected chi connectivity index (χ0v) is 17.4. The Hall–Kier alpha value is -2.60. The molecule has 1 aliphatic rings. The van der Waals surface area contributed by atoms with E-state index >= 15 is 0 Å². The number of nitrogens with one attached hydrogen (secondary N) is 1. The van der Waals surface area contributed by atoms with Gasteiger partial charge in [0, 0.05) is 30.9 Å². The van der Waals surface area contributed by atoms with Gasteiger partial charge in [-0.15, -0.1) is 0 Å². The molecule has 0 unspecified atom stereocenters. The van der Waals surface area contributed by atoms with Crippen LogP contribution < -0.4 is 14.8 Å². The fourth-order valence-corrected chi connectivity index (χ4v) is 3.51. The van der Waals surface area contributed by atoms with Crippen LogP contribution in [0, 0.1) is 6.92 Å². The number of aromatic nitrogens is 1. The summed E-state index contributed by atoms with van der Waals surface area (Å²) in [6.45, 7) is 7.36. The molecule has 0 fully saturated rings. The van der Waals surface area contributed by atoms with Crippen LogP contribution >= 0.6 is 0 Å². The Balaban J connectivity index is 1.88. The van der Waals surface area contributed by atoms with Crippen LogP contribution in [0.1, 0.15) is 43.1 Å². The van der Waals surface area contributed by atoms with Crippen molar-refractivity contribution in [1.29, 1.82) is 0 Å². The largest absolute Gasteiger partial charge is 0.490 e. The lowest BCUT2D eigenvalue weighted by atomic mass is 10.1. The van der Waals surface area contributed by atoms with Gasteiger partial charge in [-0.05, 0) is 51.3 Å². The van der Waals surface area contributed by atoms with Crippen LogP contribution in [0.25, 0.3) is 0 Å². The molecule has 1 aliphatic heterocycles. The van der Waals surface area contributed by atoms with E-state index in [0.29, 0.717) is 39.4 Å². The van der Waals surface area contributed by atoms with Crippen LogP contribution in [-0.2, 0) is 17.9 Å². The Morgan fingerprint density at radius 2 is 2.00 bits per heavy atom. The van der Waals surface area contributed by atoms with Gasteiger partial charge in [0.15, 0.2) is 11.5 Å². The average molecular weight is 398 g/mol. The number of hydrogen-bond donors (Lipinski definition) is 1. The van der Waals surface area contributed by atoms with E-state index < -0.39 is 0 Å². The zero-order chi connectivity index (χ0) is 20.5. The number of ether oxygens (including phenoxy) is 2. The van der Waals surface area contributed by atoms with E-state index in [1.165, 1.54) is 0 Å². The second-order valence-electron chi connectivity index (χ2n) is 7.35. The molecule has 3 rings (SSSR count). The molecule has 0 radical (unpaired) electrons. The van der Waals surface area contributed by atoms with Crippen molar-refractivity contribution in [2.24, 2.45) is 0 Å². The maximum absolute atomic E-state index is 12.5. The lowest BCUT2D eigenvalue weighted by Gasteiger charge is -2.24. The van der Waals surface area contributed by atoms with Gasteiger partial charge >= 0.3 is 0 Å². The normalized spacial score (nSPS) is 16.4. The summed E-state index contributed by atoms with van der Waals surface area (Å²) in [6.07, 6.45) is 2.92. The van der Waals surface area contributed by atoms with Crippen LogP contribution in [0.3, 0.4) is 0 Å². The highest BCUT2D eigenvalue weighted by Gasteiger charge is 2.18. The fraction of sp³-hybridized carbons (Fsp3) is 0.478. The summed E-state index contributed by atoms with van der Waals surface area (Å²) >= 11 is 0. The summed E-state index contributed by atoms with van der Waals surface area (Å²) in [7, 11) is 0. The first-order valence-electron chi connectivity index (χ1n) is 10.4. The van der Waals surface area contributed by atoms with Crippen molar-refractivity contribution in [3.8, 4) is 11.5 Å². The molecule has 0 atom stereocenters. The molecule has 0 bridgehead atoms. The molecule has 1 aromatic carbocycles. The molecular formula is C23H31N3O3. The second-order valence-corrected chi connectivity index (χ2v) is 7.35. The Bertz CT molecular complexity index is 810. The second kappa shape index (κ2) is 10.8. The average Bonchev–Trinajstić information content (AvgIpc) is 2.70. The van der Waals surface area contributed by atoms with Crippen molar-refractivity contribution in [3.63, 3.8) is 0 Å². The number of rotatable bonds is 4. The number of carbonyl (C=O) groups is 1. The van der Waals surface area contributed by atoms with Gasteiger partial charge in [0.2, 0.25) is 5.91 Å². The van der Waals surface area contributed by atoms with Gasteiger partial charge in [-0.2, -0.15) is 0 Å². The highest BCUT2D eigenvalue weighted by Crippen LogP contribution is 2.33. The minimum absolute atomic E-state index is 0.0420. The van der Waals surface area contributed by atoms with E-state index in [9.17, 15) is 4.79 Å². The highest BCUT2D eigenvalue weighted by molar-refractivity contribution is 5.78. The molecule has 29 heavy (non-hydrogen) atoms. The van der Waals surface area contributed by atoms with E-state index in [-0.39, 0.29) is 5.91 Å². The van der Waals surface area contributed by atoms with E-state index in [4.69, 9.17) is 9.47 Å². The predicted molar refractivity (Wildman–Crippen MR) is 113 cm³/mol. The minimum Gasteiger partial charge on any atom is -0.490 e. The molecule has 2 aromatic rings. The molecule has 0 aliphatic carbocycles. The van der Waals surface area contributed by atoms with Crippen LogP contribution in [-0.4, -0.2) is 42.1 Å². The third-order valence-electron chi connectivity index (χ3n) is 4.84. The number of hydrogen-bond acceptors (Lipinski definition) is 5.